The quantitative estimate of drug-likeness (QED) is 0.336. The molecule has 0 radical (unpaired) electrons. The summed E-state index contributed by atoms with van der Waals surface area (Å²) in [7, 11) is -2.52. The predicted octanol–water partition coefficient (Wildman–Crippen LogP) is 3.20. The number of ether oxygens (including phenoxy) is 3. The Morgan fingerprint density at radius 3 is 2.43 bits per heavy atom. The SMILES string of the molecule is Cc1noc(C)c1S(=O)(=O)N(C)C[C@H]1Oc2ccc(NC(=O)Nc3ccc4c(c3)OCO4)cc2C(=O)N([C@H](C)CO)C[C@@H]1C. The molecule has 2 aromatic carbocycles. The van der Waals surface area contributed by atoms with Gasteiger partial charge < -0.3 is 39.4 Å². The fraction of sp³-hybridized carbons (Fsp3) is 0.414. The third-order valence-corrected chi connectivity index (χ3v) is 9.69. The van der Waals surface area contributed by atoms with Crippen molar-refractivity contribution >= 4 is 33.3 Å². The Labute approximate surface area is 254 Å². The second-order valence-electron chi connectivity index (χ2n) is 10.9. The lowest BCUT2D eigenvalue weighted by Crippen LogP contribution is -2.50. The second kappa shape index (κ2) is 12.3. The number of anilines is 2. The maximum atomic E-state index is 13.7. The number of aliphatic hydroxyl groups is 1. The van der Waals surface area contributed by atoms with Gasteiger partial charge in [-0.05, 0) is 51.1 Å². The summed E-state index contributed by atoms with van der Waals surface area (Å²) in [5.41, 5.74) is 1.20. The Balaban J connectivity index is 1.40. The van der Waals surface area contributed by atoms with Crippen LogP contribution in [0, 0.1) is 19.8 Å². The molecule has 0 bridgehead atoms. The number of carbonyl (C=O) groups excluding carboxylic acids is 2. The van der Waals surface area contributed by atoms with E-state index in [9.17, 15) is 23.1 Å². The maximum absolute atomic E-state index is 13.7. The molecule has 44 heavy (non-hydrogen) atoms. The van der Waals surface area contributed by atoms with Crippen LogP contribution in [-0.4, -0.2) is 85.5 Å². The average Bonchev–Trinajstić information content (AvgIpc) is 3.59. The monoisotopic (exact) mass is 629 g/mol. The smallest absolute Gasteiger partial charge is 0.323 e. The van der Waals surface area contributed by atoms with Crippen molar-refractivity contribution in [3.8, 4) is 17.2 Å². The average molecular weight is 630 g/mol. The lowest BCUT2D eigenvalue weighted by atomic mass is 9.99. The van der Waals surface area contributed by atoms with Gasteiger partial charge in [-0.3, -0.25) is 4.79 Å². The number of nitrogens with one attached hydrogen (secondary N) is 2. The molecule has 0 saturated carbocycles. The summed E-state index contributed by atoms with van der Waals surface area (Å²) in [6.07, 6.45) is -0.677. The Hall–Kier alpha value is -4.34. The van der Waals surface area contributed by atoms with Crippen LogP contribution in [0.3, 0.4) is 0 Å². The van der Waals surface area contributed by atoms with Crippen LogP contribution in [0.2, 0.25) is 0 Å². The summed E-state index contributed by atoms with van der Waals surface area (Å²) < 4.78 is 50.1. The highest BCUT2D eigenvalue weighted by molar-refractivity contribution is 7.89. The Kier molecular flexibility index (Phi) is 8.72. The summed E-state index contributed by atoms with van der Waals surface area (Å²) in [5.74, 6) is 0.766. The van der Waals surface area contributed by atoms with Crippen molar-refractivity contribution < 1.29 is 41.8 Å². The van der Waals surface area contributed by atoms with Crippen LogP contribution in [0.1, 0.15) is 35.7 Å². The van der Waals surface area contributed by atoms with Gasteiger partial charge in [-0.25, -0.2) is 13.2 Å². The van der Waals surface area contributed by atoms with E-state index in [4.69, 9.17) is 18.7 Å². The summed E-state index contributed by atoms with van der Waals surface area (Å²) in [6.45, 7) is 6.64. The zero-order valence-electron chi connectivity index (χ0n) is 25.0. The Morgan fingerprint density at radius 1 is 1.11 bits per heavy atom. The molecular weight excluding hydrogens is 594 g/mol. The number of aromatic nitrogens is 1. The molecule has 3 heterocycles. The molecule has 2 aliphatic heterocycles. The standard InChI is InChI=1S/C29H35N5O9S/c1-16-12-34(17(2)14-35)28(36)22-10-20(30-29(37)31-21-7-9-24-25(11-21)41-15-40-24)6-8-23(22)42-26(16)13-33(5)44(38,39)27-18(3)32-43-19(27)4/h6-11,16-17,26,35H,12-15H2,1-5H3,(H2,30,31,37)/t16-,17+,26+/m0/s1. The zero-order valence-corrected chi connectivity index (χ0v) is 25.8. The van der Waals surface area contributed by atoms with Crippen LogP contribution in [0.5, 0.6) is 17.2 Å². The number of hydrogen-bond donors (Lipinski definition) is 3. The number of carbonyl (C=O) groups is 2. The predicted molar refractivity (Wildman–Crippen MR) is 159 cm³/mol. The molecule has 15 heteroatoms. The number of rotatable bonds is 8. The van der Waals surface area contributed by atoms with E-state index in [1.165, 1.54) is 29.2 Å². The number of sulfonamides is 1. The number of amides is 3. The van der Waals surface area contributed by atoms with Gasteiger partial charge in [0.05, 0.1) is 24.8 Å². The van der Waals surface area contributed by atoms with E-state index in [0.29, 0.717) is 22.9 Å². The lowest BCUT2D eigenvalue weighted by molar-refractivity contribution is 0.0387. The lowest BCUT2D eigenvalue weighted by Gasteiger charge is -2.38. The van der Waals surface area contributed by atoms with E-state index < -0.39 is 34.1 Å². The van der Waals surface area contributed by atoms with Gasteiger partial charge in [0.1, 0.15) is 22.4 Å². The highest BCUT2D eigenvalue weighted by Gasteiger charge is 2.36. The van der Waals surface area contributed by atoms with E-state index in [0.717, 1.165) is 0 Å². The van der Waals surface area contributed by atoms with Crippen molar-refractivity contribution in [2.24, 2.45) is 5.92 Å². The molecule has 236 valence electrons. The van der Waals surface area contributed by atoms with E-state index in [2.05, 4.69) is 15.8 Å². The first-order valence-corrected chi connectivity index (χ1v) is 15.4. The topological polar surface area (TPSA) is 173 Å². The number of hydrogen-bond acceptors (Lipinski definition) is 10. The molecule has 0 unspecified atom stereocenters. The molecule has 0 aliphatic carbocycles. The summed E-state index contributed by atoms with van der Waals surface area (Å²) in [4.78, 5) is 28.1. The van der Waals surface area contributed by atoms with Crippen LogP contribution in [0.15, 0.2) is 45.8 Å². The third-order valence-electron chi connectivity index (χ3n) is 7.63. The van der Waals surface area contributed by atoms with E-state index >= 15 is 0 Å². The highest BCUT2D eigenvalue weighted by atomic mass is 32.2. The van der Waals surface area contributed by atoms with Crippen molar-refractivity contribution in [2.45, 2.75) is 44.7 Å². The van der Waals surface area contributed by atoms with Crippen molar-refractivity contribution in [1.29, 1.82) is 0 Å². The fourth-order valence-corrected chi connectivity index (χ4v) is 6.60. The first kappa shape index (κ1) is 31.1. The van der Waals surface area contributed by atoms with E-state index in [-0.39, 0.29) is 60.1 Å². The summed E-state index contributed by atoms with van der Waals surface area (Å²) in [5, 5.41) is 19.2. The number of nitrogens with zero attached hydrogens (tertiary/aromatic N) is 3. The van der Waals surface area contributed by atoms with Crippen molar-refractivity contribution in [3.05, 3.63) is 53.4 Å². The van der Waals surface area contributed by atoms with Crippen molar-refractivity contribution in [2.75, 3.05) is 44.2 Å². The number of benzene rings is 2. The first-order valence-electron chi connectivity index (χ1n) is 14.0. The Morgan fingerprint density at radius 2 is 1.77 bits per heavy atom. The number of urea groups is 1. The summed E-state index contributed by atoms with van der Waals surface area (Å²) >= 11 is 0. The third kappa shape index (κ3) is 6.16. The first-order chi connectivity index (χ1) is 20.9. The van der Waals surface area contributed by atoms with Crippen molar-refractivity contribution in [1.82, 2.24) is 14.4 Å². The molecule has 3 N–H and O–H groups in total. The number of aliphatic hydroxyl groups excluding tert-OH is 1. The molecule has 0 spiro atoms. The van der Waals surface area contributed by atoms with Gasteiger partial charge in [-0.15, -0.1) is 0 Å². The fourth-order valence-electron chi connectivity index (χ4n) is 5.14. The molecule has 3 aromatic rings. The van der Waals surface area contributed by atoms with Crippen LogP contribution in [0.4, 0.5) is 16.2 Å². The van der Waals surface area contributed by atoms with Gasteiger partial charge in [0.25, 0.3) is 5.91 Å². The van der Waals surface area contributed by atoms with Gasteiger partial charge >= 0.3 is 6.03 Å². The van der Waals surface area contributed by atoms with Crippen LogP contribution < -0.4 is 24.8 Å². The van der Waals surface area contributed by atoms with Gasteiger partial charge in [0, 0.05) is 37.0 Å². The van der Waals surface area contributed by atoms with E-state index in [1.54, 1.807) is 44.2 Å². The molecule has 14 nitrogen and oxygen atoms in total. The number of fused-ring (bicyclic) bond motifs is 2. The maximum Gasteiger partial charge on any atom is 0.323 e. The normalized spacial score (nSPS) is 18.7. The van der Waals surface area contributed by atoms with Crippen LogP contribution in [-0.2, 0) is 10.0 Å². The van der Waals surface area contributed by atoms with Gasteiger partial charge in [0.15, 0.2) is 17.3 Å². The molecule has 3 atom stereocenters. The molecule has 0 saturated heterocycles. The number of likely N-dealkylation sites (N-methyl/N-ethyl adjacent to an activating group) is 1. The van der Waals surface area contributed by atoms with Gasteiger partial charge in [-0.1, -0.05) is 12.1 Å². The summed E-state index contributed by atoms with van der Waals surface area (Å²) in [6, 6.07) is 8.53. The molecule has 5 rings (SSSR count). The van der Waals surface area contributed by atoms with Crippen LogP contribution in [0.25, 0.3) is 0 Å². The minimum absolute atomic E-state index is 0.000606. The highest BCUT2D eigenvalue weighted by Crippen LogP contribution is 2.35. The van der Waals surface area contributed by atoms with Crippen LogP contribution >= 0.6 is 0 Å². The van der Waals surface area contributed by atoms with Gasteiger partial charge in [0.2, 0.25) is 16.8 Å². The van der Waals surface area contributed by atoms with Crippen molar-refractivity contribution in [3.63, 3.8) is 0 Å². The Bertz CT molecular complexity index is 1660. The molecule has 0 fully saturated rings. The molecule has 1 aromatic heterocycles. The minimum atomic E-state index is -3.97. The minimum Gasteiger partial charge on any atom is -0.488 e. The number of aryl methyl sites for hydroxylation is 2. The van der Waals surface area contributed by atoms with Gasteiger partial charge in [-0.2, -0.15) is 4.31 Å². The largest absolute Gasteiger partial charge is 0.488 e. The molecule has 3 amide bonds. The molecule has 2 aliphatic rings. The van der Waals surface area contributed by atoms with E-state index in [1.807, 2.05) is 6.92 Å². The molecular formula is C29H35N5O9S. The second-order valence-corrected chi connectivity index (χ2v) is 12.9. The zero-order chi connectivity index (χ0) is 31.8.